The van der Waals surface area contributed by atoms with Gasteiger partial charge in [-0.05, 0) is 51.9 Å². The summed E-state index contributed by atoms with van der Waals surface area (Å²) in [6.45, 7) is 10.1. The summed E-state index contributed by atoms with van der Waals surface area (Å²) in [7, 11) is 4.20. The summed E-state index contributed by atoms with van der Waals surface area (Å²) >= 11 is 0. The number of piperazine rings is 1. The van der Waals surface area contributed by atoms with Crippen molar-refractivity contribution in [2.24, 2.45) is 0 Å². The lowest BCUT2D eigenvalue weighted by Gasteiger charge is -2.45. The van der Waals surface area contributed by atoms with Gasteiger partial charge in [-0.1, -0.05) is 12.6 Å². The van der Waals surface area contributed by atoms with E-state index < -0.39 is 11.7 Å². The Morgan fingerprint density at radius 1 is 1.15 bits per heavy atom. The third-order valence-electron chi connectivity index (χ3n) is 9.35. The molecule has 1 amide bonds. The van der Waals surface area contributed by atoms with Crippen molar-refractivity contribution in [3.8, 4) is 0 Å². The zero-order valence-corrected chi connectivity index (χ0v) is 24.3. The molecule has 1 spiro atoms. The Balaban J connectivity index is 1.35. The van der Waals surface area contributed by atoms with Crippen LogP contribution in [0.2, 0.25) is 0 Å². The Morgan fingerprint density at radius 3 is 2.54 bits per heavy atom. The van der Waals surface area contributed by atoms with E-state index in [0.29, 0.717) is 31.4 Å². The molecule has 0 unspecified atom stereocenters. The lowest BCUT2D eigenvalue weighted by atomic mass is 10.0. The number of benzene rings is 1. The number of likely N-dealkylation sites (N-methyl/N-ethyl adjacent to an activating group) is 1. The second-order valence-corrected chi connectivity index (χ2v) is 12.2. The molecular formula is C30H40FN9O. The molecular weight excluding hydrogens is 521 g/mol. The number of carbonyl (C=O) groups excluding carboxylic acids is 1. The van der Waals surface area contributed by atoms with Gasteiger partial charge in [-0.25, -0.2) is 9.37 Å². The maximum atomic E-state index is 13.7. The van der Waals surface area contributed by atoms with Crippen LogP contribution in [0.3, 0.4) is 0 Å². The van der Waals surface area contributed by atoms with Crippen LogP contribution < -0.4 is 20.4 Å². The molecule has 4 heterocycles. The normalized spacial score (nSPS) is 20.1. The first-order valence-electron chi connectivity index (χ1n) is 14.5. The Labute approximate surface area is 241 Å². The number of hydrogen-bond acceptors (Lipinski definition) is 9. The van der Waals surface area contributed by atoms with Crippen LogP contribution in [0.5, 0.6) is 0 Å². The molecule has 3 fully saturated rings. The Morgan fingerprint density at radius 2 is 1.88 bits per heavy atom. The molecule has 218 valence electrons. The minimum Gasteiger partial charge on any atom is -0.398 e. The molecule has 0 bridgehead atoms. The van der Waals surface area contributed by atoms with Gasteiger partial charge < -0.3 is 35.6 Å². The van der Waals surface area contributed by atoms with Gasteiger partial charge >= 0.3 is 0 Å². The SMILES string of the molecule is C=C(F)C(=O)N1CCN(c2nc(N3CC(N(C)C)C3)nc3c2CCN(c2c(C)ccc(N)c2C=N)CC3)C2(CC2)C1. The van der Waals surface area contributed by atoms with Gasteiger partial charge in [-0.15, -0.1) is 0 Å². The lowest BCUT2D eigenvalue weighted by molar-refractivity contribution is -0.129. The van der Waals surface area contributed by atoms with Gasteiger partial charge in [0.05, 0.1) is 16.9 Å². The number of fused-ring (bicyclic) bond motifs is 1. The topological polar surface area (TPSA) is 109 Å². The number of aromatic nitrogens is 2. The van der Waals surface area contributed by atoms with Crippen LogP contribution in [0, 0.1) is 12.3 Å². The number of nitrogens with two attached hydrogens (primary N) is 1. The smallest absolute Gasteiger partial charge is 0.282 e. The minimum absolute atomic E-state index is 0.228. The summed E-state index contributed by atoms with van der Waals surface area (Å²) in [5.41, 5.74) is 11.7. The highest BCUT2D eigenvalue weighted by Crippen LogP contribution is 2.48. The van der Waals surface area contributed by atoms with Crippen molar-refractivity contribution in [1.29, 1.82) is 5.41 Å². The van der Waals surface area contributed by atoms with Crippen LogP contribution in [0.25, 0.3) is 0 Å². The fraction of sp³-hybridized carbons (Fsp3) is 0.533. The summed E-state index contributed by atoms with van der Waals surface area (Å²) in [4.78, 5) is 33.6. The van der Waals surface area contributed by atoms with Gasteiger partial charge in [0.15, 0.2) is 5.83 Å². The number of hydrogen-bond donors (Lipinski definition) is 2. The van der Waals surface area contributed by atoms with E-state index in [4.69, 9.17) is 21.1 Å². The van der Waals surface area contributed by atoms with Crippen LogP contribution in [-0.2, 0) is 17.6 Å². The van der Waals surface area contributed by atoms with Gasteiger partial charge in [-0.3, -0.25) is 4.79 Å². The molecule has 1 aromatic heterocycles. The van der Waals surface area contributed by atoms with Crippen molar-refractivity contribution >= 4 is 35.3 Å². The van der Waals surface area contributed by atoms with Crippen LogP contribution in [0.4, 0.5) is 27.5 Å². The first-order chi connectivity index (χ1) is 19.6. The highest BCUT2D eigenvalue weighted by atomic mass is 19.1. The number of carbonyl (C=O) groups is 1. The van der Waals surface area contributed by atoms with Gasteiger partial charge in [0.2, 0.25) is 5.95 Å². The maximum absolute atomic E-state index is 13.7. The highest BCUT2D eigenvalue weighted by molar-refractivity contribution is 5.94. The minimum atomic E-state index is -0.901. The largest absolute Gasteiger partial charge is 0.398 e. The first kappa shape index (κ1) is 27.4. The molecule has 1 aromatic carbocycles. The van der Waals surface area contributed by atoms with Gasteiger partial charge in [0.1, 0.15) is 5.82 Å². The Kier molecular flexibility index (Phi) is 6.88. The van der Waals surface area contributed by atoms with Gasteiger partial charge in [0.25, 0.3) is 5.91 Å². The monoisotopic (exact) mass is 561 g/mol. The van der Waals surface area contributed by atoms with E-state index in [0.717, 1.165) is 91.7 Å². The quantitative estimate of drug-likeness (QED) is 0.315. The molecule has 1 saturated carbocycles. The van der Waals surface area contributed by atoms with E-state index >= 15 is 0 Å². The van der Waals surface area contributed by atoms with E-state index in [2.05, 4.69) is 47.2 Å². The molecule has 0 atom stereocenters. The standard InChI is InChI=1S/C30H40FN9O/c1-19-5-6-24(33)23(15-32)26(19)37-11-7-22-25(8-12-37)34-29(39-16-21(17-39)36(3)4)35-27(22)40-14-13-38(28(41)20(2)31)18-30(40)9-10-30/h5-6,15,21,32H,2,7-14,16-18,33H2,1,3-4H3. The molecule has 11 heteroatoms. The molecule has 10 nitrogen and oxygen atoms in total. The molecule has 2 aromatic rings. The Hall–Kier alpha value is -3.73. The number of nitrogens with zero attached hydrogens (tertiary/aromatic N) is 7. The predicted molar refractivity (Wildman–Crippen MR) is 161 cm³/mol. The van der Waals surface area contributed by atoms with E-state index in [1.807, 2.05) is 12.1 Å². The average Bonchev–Trinajstić information content (AvgIpc) is 3.71. The second-order valence-electron chi connectivity index (χ2n) is 12.2. The number of halogens is 1. The van der Waals surface area contributed by atoms with Gasteiger partial charge in [-0.2, -0.15) is 4.98 Å². The molecule has 2 saturated heterocycles. The van der Waals surface area contributed by atoms with Crippen molar-refractivity contribution in [2.45, 2.75) is 44.2 Å². The van der Waals surface area contributed by atoms with E-state index in [9.17, 15) is 9.18 Å². The van der Waals surface area contributed by atoms with Crippen LogP contribution in [0.1, 0.15) is 35.2 Å². The molecule has 3 N–H and O–H groups in total. The predicted octanol–water partition coefficient (Wildman–Crippen LogP) is 2.38. The highest BCUT2D eigenvalue weighted by Gasteiger charge is 2.53. The summed E-state index contributed by atoms with van der Waals surface area (Å²) in [5.74, 6) is 0.211. The number of nitrogens with one attached hydrogen (secondary N) is 1. The Bertz CT molecular complexity index is 1400. The molecule has 41 heavy (non-hydrogen) atoms. The van der Waals surface area contributed by atoms with E-state index in [1.165, 1.54) is 6.21 Å². The second kappa shape index (κ2) is 10.3. The third kappa shape index (κ3) is 4.79. The van der Waals surface area contributed by atoms with Crippen LogP contribution >= 0.6 is 0 Å². The molecule has 0 radical (unpaired) electrons. The summed E-state index contributed by atoms with van der Waals surface area (Å²) < 4.78 is 13.7. The number of amides is 1. The third-order valence-corrected chi connectivity index (χ3v) is 9.35. The number of aryl methyl sites for hydroxylation is 1. The average molecular weight is 562 g/mol. The van der Waals surface area contributed by atoms with Crippen LogP contribution in [0.15, 0.2) is 24.5 Å². The fourth-order valence-corrected chi connectivity index (χ4v) is 6.63. The van der Waals surface area contributed by atoms with Crippen molar-refractivity contribution in [3.63, 3.8) is 0 Å². The zero-order valence-electron chi connectivity index (χ0n) is 24.3. The number of rotatable bonds is 6. The van der Waals surface area contributed by atoms with Crippen molar-refractivity contribution in [3.05, 3.63) is 46.9 Å². The lowest BCUT2D eigenvalue weighted by Crippen LogP contribution is -2.59. The zero-order chi connectivity index (χ0) is 29.1. The summed E-state index contributed by atoms with van der Waals surface area (Å²) in [6, 6.07) is 4.36. The maximum Gasteiger partial charge on any atom is 0.282 e. The number of anilines is 4. The first-order valence-corrected chi connectivity index (χ1v) is 14.5. The number of nitrogen functional groups attached to an aromatic ring is 1. The van der Waals surface area contributed by atoms with Gasteiger partial charge in [0, 0.05) is 81.3 Å². The summed E-state index contributed by atoms with van der Waals surface area (Å²) in [6.07, 6.45) is 4.74. The van der Waals surface area contributed by atoms with E-state index in [-0.39, 0.29) is 5.54 Å². The summed E-state index contributed by atoms with van der Waals surface area (Å²) in [5, 5.41) is 8.04. The van der Waals surface area contributed by atoms with Crippen LogP contribution in [-0.4, -0.2) is 103 Å². The molecule has 4 aliphatic rings. The molecule has 3 aliphatic heterocycles. The molecule has 6 rings (SSSR count). The molecule has 1 aliphatic carbocycles. The van der Waals surface area contributed by atoms with Crippen molar-refractivity contribution < 1.29 is 9.18 Å². The van der Waals surface area contributed by atoms with E-state index in [1.54, 1.807) is 4.90 Å². The van der Waals surface area contributed by atoms with Crippen molar-refractivity contribution in [2.75, 3.05) is 80.3 Å². The van der Waals surface area contributed by atoms with Crippen molar-refractivity contribution in [1.82, 2.24) is 19.8 Å². The fourth-order valence-electron chi connectivity index (χ4n) is 6.63.